The molecule has 2 aromatic rings. The Morgan fingerprint density at radius 2 is 2.17 bits per heavy atom. The van der Waals surface area contributed by atoms with Crippen molar-refractivity contribution in [3.8, 4) is 5.75 Å². The fourth-order valence-electron chi connectivity index (χ4n) is 2.61. The first-order valence-electron chi connectivity index (χ1n) is 7.27. The molecule has 1 amide bonds. The van der Waals surface area contributed by atoms with E-state index in [0.29, 0.717) is 17.2 Å². The van der Waals surface area contributed by atoms with E-state index in [1.54, 1.807) is 36.2 Å². The van der Waals surface area contributed by atoms with Gasteiger partial charge in [-0.1, -0.05) is 36.4 Å². The number of nitrogens with one attached hydrogen (secondary N) is 1. The van der Waals surface area contributed by atoms with Crippen molar-refractivity contribution in [1.82, 2.24) is 4.90 Å². The molecule has 23 heavy (non-hydrogen) atoms. The summed E-state index contributed by atoms with van der Waals surface area (Å²) in [5.41, 5.74) is 2.29. The summed E-state index contributed by atoms with van der Waals surface area (Å²) in [6, 6.07) is 12.9. The van der Waals surface area contributed by atoms with Crippen LogP contribution in [0.15, 0.2) is 55.1 Å². The zero-order valence-corrected chi connectivity index (χ0v) is 13.5. The van der Waals surface area contributed by atoms with Crippen LogP contribution in [0.25, 0.3) is 0 Å². The quantitative estimate of drug-likeness (QED) is 0.859. The number of carbonyl (C=O) groups excluding carboxylic acids is 1. The van der Waals surface area contributed by atoms with Gasteiger partial charge in [-0.2, -0.15) is 0 Å². The molecule has 4 nitrogen and oxygen atoms in total. The molecule has 0 fully saturated rings. The van der Waals surface area contributed by atoms with Gasteiger partial charge >= 0.3 is 0 Å². The second-order valence-electron chi connectivity index (χ2n) is 5.33. The van der Waals surface area contributed by atoms with E-state index in [-0.39, 0.29) is 12.1 Å². The monoisotopic (exact) mass is 328 g/mol. The molecule has 118 valence electrons. The van der Waals surface area contributed by atoms with Crippen LogP contribution in [0.4, 0.5) is 5.69 Å². The van der Waals surface area contributed by atoms with Crippen molar-refractivity contribution in [1.29, 1.82) is 0 Å². The highest BCUT2D eigenvalue weighted by Crippen LogP contribution is 2.34. The molecule has 1 aliphatic heterocycles. The molecule has 1 aliphatic rings. The number of benzene rings is 2. The normalized spacial score (nSPS) is 16.5. The number of amides is 1. The fourth-order valence-corrected chi connectivity index (χ4v) is 2.78. The topological polar surface area (TPSA) is 41.6 Å². The van der Waals surface area contributed by atoms with Crippen molar-refractivity contribution in [2.45, 2.75) is 6.17 Å². The molecule has 1 unspecified atom stereocenters. The van der Waals surface area contributed by atoms with E-state index in [0.717, 1.165) is 17.0 Å². The Labute approximate surface area is 140 Å². The number of hydrogen-bond donors (Lipinski definition) is 1. The van der Waals surface area contributed by atoms with Crippen LogP contribution in [-0.2, 0) is 0 Å². The van der Waals surface area contributed by atoms with Crippen molar-refractivity contribution in [3.63, 3.8) is 0 Å². The lowest BCUT2D eigenvalue weighted by Crippen LogP contribution is -2.40. The fraction of sp³-hybridized carbons (Fsp3) is 0.167. The second kappa shape index (κ2) is 6.34. The second-order valence-corrected chi connectivity index (χ2v) is 5.76. The largest absolute Gasteiger partial charge is 0.490 e. The number of anilines is 1. The molecule has 1 N–H and O–H groups in total. The van der Waals surface area contributed by atoms with E-state index in [1.165, 1.54) is 0 Å². The van der Waals surface area contributed by atoms with Crippen LogP contribution in [0.1, 0.15) is 22.1 Å². The van der Waals surface area contributed by atoms with E-state index in [1.807, 2.05) is 24.3 Å². The van der Waals surface area contributed by atoms with Gasteiger partial charge in [-0.3, -0.25) is 4.79 Å². The molecule has 0 saturated heterocycles. The lowest BCUT2D eigenvalue weighted by molar-refractivity contribution is 0.0735. The predicted octanol–water partition coefficient (Wildman–Crippen LogP) is 4.10. The first-order valence-corrected chi connectivity index (χ1v) is 7.65. The molecule has 0 saturated carbocycles. The predicted molar refractivity (Wildman–Crippen MR) is 92.0 cm³/mol. The molecular weight excluding hydrogens is 312 g/mol. The summed E-state index contributed by atoms with van der Waals surface area (Å²) in [5.74, 6) is 0.694. The lowest BCUT2D eigenvalue weighted by Gasteiger charge is -2.35. The van der Waals surface area contributed by atoms with Gasteiger partial charge in [-0.05, 0) is 35.9 Å². The molecular formula is C18H17ClN2O2. The number of carbonyl (C=O) groups is 1. The van der Waals surface area contributed by atoms with Gasteiger partial charge in [-0.15, -0.1) is 0 Å². The Morgan fingerprint density at radius 1 is 1.35 bits per heavy atom. The van der Waals surface area contributed by atoms with Crippen molar-refractivity contribution < 1.29 is 9.53 Å². The molecule has 0 aliphatic carbocycles. The minimum atomic E-state index is -0.277. The van der Waals surface area contributed by atoms with E-state index in [2.05, 4.69) is 11.9 Å². The van der Waals surface area contributed by atoms with Crippen LogP contribution in [0.5, 0.6) is 5.75 Å². The molecule has 0 bridgehead atoms. The van der Waals surface area contributed by atoms with Crippen molar-refractivity contribution in [2.75, 3.05) is 19.0 Å². The maximum Gasteiger partial charge on any atom is 0.257 e. The van der Waals surface area contributed by atoms with Crippen LogP contribution >= 0.6 is 11.6 Å². The van der Waals surface area contributed by atoms with E-state index >= 15 is 0 Å². The summed E-state index contributed by atoms with van der Waals surface area (Å²) in [6.45, 7) is 4.08. The molecule has 1 heterocycles. The highest BCUT2D eigenvalue weighted by molar-refractivity contribution is 6.31. The van der Waals surface area contributed by atoms with Gasteiger partial charge in [0.05, 0.1) is 11.3 Å². The van der Waals surface area contributed by atoms with Gasteiger partial charge in [-0.25, -0.2) is 0 Å². The third-order valence-corrected chi connectivity index (χ3v) is 3.99. The average Bonchev–Trinajstić information content (AvgIpc) is 2.56. The maximum absolute atomic E-state index is 12.6. The number of nitrogens with zero attached hydrogens (tertiary/aromatic N) is 1. The van der Waals surface area contributed by atoms with E-state index in [4.69, 9.17) is 16.3 Å². The summed E-state index contributed by atoms with van der Waals surface area (Å²) < 4.78 is 5.57. The highest BCUT2D eigenvalue weighted by atomic mass is 35.5. The summed E-state index contributed by atoms with van der Waals surface area (Å²) in [7, 11) is 1.77. The number of hydrogen-bond acceptors (Lipinski definition) is 3. The van der Waals surface area contributed by atoms with Gasteiger partial charge in [0, 0.05) is 12.1 Å². The molecule has 3 rings (SSSR count). The number of rotatable bonds is 4. The maximum atomic E-state index is 12.6. The Morgan fingerprint density at radius 3 is 2.96 bits per heavy atom. The molecule has 0 radical (unpaired) electrons. The molecule has 5 heteroatoms. The van der Waals surface area contributed by atoms with E-state index in [9.17, 15) is 4.79 Å². The van der Waals surface area contributed by atoms with Crippen molar-refractivity contribution in [3.05, 3.63) is 71.3 Å². The Hall–Kier alpha value is -2.46. The van der Waals surface area contributed by atoms with Gasteiger partial charge in [0.2, 0.25) is 0 Å². The van der Waals surface area contributed by atoms with Crippen molar-refractivity contribution in [2.24, 2.45) is 0 Å². The first kappa shape index (κ1) is 15.4. The van der Waals surface area contributed by atoms with Gasteiger partial charge in [0.1, 0.15) is 18.5 Å². The smallest absolute Gasteiger partial charge is 0.257 e. The van der Waals surface area contributed by atoms with Gasteiger partial charge in [0.25, 0.3) is 5.91 Å². The molecule has 2 aromatic carbocycles. The number of ether oxygens (including phenoxy) is 1. The number of halogens is 1. The third kappa shape index (κ3) is 3.03. The zero-order chi connectivity index (χ0) is 16.4. The third-order valence-electron chi connectivity index (χ3n) is 3.75. The standard InChI is InChI=1S/C18H17ClN2O2/c1-3-9-23-14-6-4-5-12(10-14)17-20-16-11-13(19)7-8-15(16)18(22)21(17)2/h3-8,10-11,17,20H,1,9H2,2H3. The van der Waals surface area contributed by atoms with Gasteiger partial charge < -0.3 is 15.0 Å². The summed E-state index contributed by atoms with van der Waals surface area (Å²) in [5, 5.41) is 3.96. The van der Waals surface area contributed by atoms with Gasteiger partial charge in [0.15, 0.2) is 0 Å². The first-order chi connectivity index (χ1) is 11.1. The van der Waals surface area contributed by atoms with Crippen LogP contribution in [0.3, 0.4) is 0 Å². The lowest BCUT2D eigenvalue weighted by atomic mass is 10.0. The molecule has 0 spiro atoms. The highest BCUT2D eigenvalue weighted by Gasteiger charge is 2.30. The van der Waals surface area contributed by atoms with Crippen molar-refractivity contribution >= 4 is 23.2 Å². The average molecular weight is 329 g/mol. The van der Waals surface area contributed by atoms with Crippen LogP contribution in [-0.4, -0.2) is 24.5 Å². The van der Waals surface area contributed by atoms with Crippen LogP contribution in [0.2, 0.25) is 5.02 Å². The Balaban J connectivity index is 1.94. The summed E-state index contributed by atoms with van der Waals surface area (Å²) in [6.07, 6.45) is 1.42. The minimum absolute atomic E-state index is 0.0437. The molecule has 0 aromatic heterocycles. The zero-order valence-electron chi connectivity index (χ0n) is 12.8. The Kier molecular flexibility index (Phi) is 4.26. The Bertz CT molecular complexity index is 760. The minimum Gasteiger partial charge on any atom is -0.490 e. The van der Waals surface area contributed by atoms with Crippen LogP contribution < -0.4 is 10.1 Å². The molecule has 1 atom stereocenters. The van der Waals surface area contributed by atoms with E-state index < -0.39 is 0 Å². The summed E-state index contributed by atoms with van der Waals surface area (Å²) in [4.78, 5) is 14.2. The number of fused-ring (bicyclic) bond motifs is 1. The van der Waals surface area contributed by atoms with Crippen LogP contribution in [0, 0.1) is 0 Å². The summed E-state index contributed by atoms with van der Waals surface area (Å²) >= 11 is 6.04. The SMILES string of the molecule is C=CCOc1cccc(C2Nc3cc(Cl)ccc3C(=O)N2C)c1.